The number of amides is 1. The van der Waals surface area contributed by atoms with Crippen LogP contribution in [0.3, 0.4) is 0 Å². The van der Waals surface area contributed by atoms with Gasteiger partial charge in [-0.25, -0.2) is 9.37 Å². The van der Waals surface area contributed by atoms with E-state index < -0.39 is 5.82 Å². The summed E-state index contributed by atoms with van der Waals surface area (Å²) in [4.78, 5) is 23.2. The number of benzene rings is 2. The van der Waals surface area contributed by atoms with E-state index in [-0.39, 0.29) is 16.9 Å². The first-order chi connectivity index (χ1) is 17.6. The van der Waals surface area contributed by atoms with Crippen molar-refractivity contribution in [3.63, 3.8) is 0 Å². The number of pyridine rings is 1. The van der Waals surface area contributed by atoms with Gasteiger partial charge in [-0.2, -0.15) is 9.61 Å². The summed E-state index contributed by atoms with van der Waals surface area (Å²) in [6, 6.07) is 14.9. The van der Waals surface area contributed by atoms with Crippen LogP contribution in [0.15, 0.2) is 60.9 Å². The highest BCUT2D eigenvalue weighted by Crippen LogP contribution is 2.53. The summed E-state index contributed by atoms with van der Waals surface area (Å²) in [5.74, 6) is 0.291. The van der Waals surface area contributed by atoms with Crippen LogP contribution in [0.25, 0.3) is 27.9 Å². The van der Waals surface area contributed by atoms with Crippen LogP contribution in [-0.2, 0) is 5.41 Å². The molecule has 0 bridgehead atoms. The van der Waals surface area contributed by atoms with Crippen LogP contribution in [0.5, 0.6) is 0 Å². The zero-order chi connectivity index (χ0) is 24.3. The van der Waals surface area contributed by atoms with Crippen LogP contribution in [0.4, 0.5) is 4.39 Å². The predicted octanol–water partition coefficient (Wildman–Crippen LogP) is 4.19. The summed E-state index contributed by atoms with van der Waals surface area (Å²) in [5, 5.41) is 14.5. The number of likely N-dealkylation sites (tertiary alicyclic amines) is 1. The third-order valence-corrected chi connectivity index (χ3v) is 7.36. The van der Waals surface area contributed by atoms with Crippen molar-refractivity contribution in [2.75, 3.05) is 13.1 Å². The van der Waals surface area contributed by atoms with Crippen LogP contribution in [0, 0.1) is 5.82 Å². The molecule has 1 aliphatic carbocycles. The second kappa shape index (κ2) is 7.87. The Hall–Kier alpha value is -4.27. The first-order valence-corrected chi connectivity index (χ1v) is 12.2. The summed E-state index contributed by atoms with van der Waals surface area (Å²) in [6.45, 7) is 1.35. The van der Waals surface area contributed by atoms with Gasteiger partial charge >= 0.3 is 0 Å². The summed E-state index contributed by atoms with van der Waals surface area (Å²) in [7, 11) is 0. The second-order valence-corrected chi connectivity index (χ2v) is 9.57. The van der Waals surface area contributed by atoms with E-state index in [0.29, 0.717) is 30.1 Å². The predicted molar refractivity (Wildman–Crippen MR) is 131 cm³/mol. The Morgan fingerprint density at radius 3 is 2.64 bits per heavy atom. The van der Waals surface area contributed by atoms with E-state index >= 15 is 0 Å². The molecule has 9 heteroatoms. The molecule has 0 spiro atoms. The maximum Gasteiger partial charge on any atom is 0.271 e. The summed E-state index contributed by atoms with van der Waals surface area (Å²) in [6.07, 6.45) is 7.11. The molecule has 36 heavy (non-hydrogen) atoms. The van der Waals surface area contributed by atoms with Gasteiger partial charge in [0.1, 0.15) is 11.5 Å². The van der Waals surface area contributed by atoms with E-state index in [0.717, 1.165) is 48.0 Å². The lowest BCUT2D eigenvalue weighted by Gasteiger charge is -2.16. The van der Waals surface area contributed by atoms with Gasteiger partial charge in [0.2, 0.25) is 0 Å². The molecule has 0 radical (unpaired) electrons. The van der Waals surface area contributed by atoms with Gasteiger partial charge in [0.25, 0.3) is 11.7 Å². The van der Waals surface area contributed by atoms with E-state index in [2.05, 4.69) is 38.4 Å². The van der Waals surface area contributed by atoms with Crippen LogP contribution < -0.4 is 0 Å². The first kappa shape index (κ1) is 21.0. The Balaban J connectivity index is 1.26. The summed E-state index contributed by atoms with van der Waals surface area (Å²) in [5.41, 5.74) is 2.90. The third-order valence-electron chi connectivity index (χ3n) is 7.36. The standard InChI is InChI=1S/C27H22FN7O/c28-21-15-18(5-7-20(21)24(36)34-12-1-2-13-34)23-16-30-26-32-31-25(35(26)33-23)27(9-10-27)19-6-8-22-17(14-19)4-3-11-29-22/h3-8,11,14-16H,1-2,9-10,12-13H2. The molecule has 3 aromatic heterocycles. The lowest BCUT2D eigenvalue weighted by Crippen LogP contribution is -2.28. The number of hydrogen-bond donors (Lipinski definition) is 0. The Kier molecular flexibility index (Phi) is 4.60. The molecule has 0 atom stereocenters. The molecule has 2 fully saturated rings. The lowest BCUT2D eigenvalue weighted by atomic mass is 9.94. The highest BCUT2D eigenvalue weighted by atomic mass is 19.1. The molecular formula is C27H22FN7O. The quantitative estimate of drug-likeness (QED) is 0.384. The first-order valence-electron chi connectivity index (χ1n) is 12.2. The highest BCUT2D eigenvalue weighted by molar-refractivity contribution is 5.95. The zero-order valence-corrected chi connectivity index (χ0v) is 19.4. The molecule has 2 aromatic carbocycles. The summed E-state index contributed by atoms with van der Waals surface area (Å²) < 4.78 is 16.7. The third kappa shape index (κ3) is 3.26. The molecule has 8 nitrogen and oxygen atoms in total. The zero-order valence-electron chi connectivity index (χ0n) is 19.4. The molecular weight excluding hydrogens is 457 g/mol. The van der Waals surface area contributed by atoms with Gasteiger partial charge in [-0.15, -0.1) is 10.2 Å². The number of carbonyl (C=O) groups excluding carboxylic acids is 1. The minimum atomic E-state index is -0.557. The molecule has 178 valence electrons. The molecule has 0 N–H and O–H groups in total. The maximum atomic E-state index is 15.0. The van der Waals surface area contributed by atoms with Crippen molar-refractivity contribution < 1.29 is 9.18 Å². The van der Waals surface area contributed by atoms with Crippen molar-refractivity contribution in [2.45, 2.75) is 31.1 Å². The van der Waals surface area contributed by atoms with Gasteiger partial charge in [-0.05, 0) is 61.6 Å². The van der Waals surface area contributed by atoms with Crippen molar-refractivity contribution in [2.24, 2.45) is 0 Å². The molecule has 2 aliphatic rings. The van der Waals surface area contributed by atoms with Gasteiger partial charge < -0.3 is 4.90 Å². The van der Waals surface area contributed by atoms with E-state index in [9.17, 15) is 9.18 Å². The Morgan fingerprint density at radius 2 is 1.83 bits per heavy atom. The average molecular weight is 480 g/mol. The Morgan fingerprint density at radius 1 is 0.972 bits per heavy atom. The number of carbonyl (C=O) groups is 1. The molecule has 5 aromatic rings. The second-order valence-electron chi connectivity index (χ2n) is 9.57. The topological polar surface area (TPSA) is 89.2 Å². The molecule has 7 rings (SSSR count). The van der Waals surface area contributed by atoms with Gasteiger partial charge in [-0.1, -0.05) is 18.2 Å². The number of aromatic nitrogens is 6. The normalized spacial score (nSPS) is 16.6. The molecule has 1 saturated heterocycles. The summed E-state index contributed by atoms with van der Waals surface area (Å²) >= 11 is 0. The van der Waals surface area contributed by atoms with E-state index in [1.807, 2.05) is 12.1 Å². The van der Waals surface area contributed by atoms with Gasteiger partial charge in [0, 0.05) is 30.2 Å². The molecule has 1 saturated carbocycles. The van der Waals surface area contributed by atoms with Crippen molar-refractivity contribution in [1.29, 1.82) is 0 Å². The lowest BCUT2D eigenvalue weighted by molar-refractivity contribution is 0.0788. The van der Waals surface area contributed by atoms with E-state index in [4.69, 9.17) is 5.10 Å². The van der Waals surface area contributed by atoms with Gasteiger partial charge in [0.15, 0.2) is 5.82 Å². The average Bonchev–Trinajstić information content (AvgIpc) is 3.32. The Labute approximate surface area is 205 Å². The van der Waals surface area contributed by atoms with Crippen molar-refractivity contribution in [3.8, 4) is 11.3 Å². The number of rotatable bonds is 4. The van der Waals surface area contributed by atoms with Crippen LogP contribution in [0.1, 0.15) is 47.4 Å². The number of nitrogens with zero attached hydrogens (tertiary/aromatic N) is 7. The molecule has 4 heterocycles. The van der Waals surface area contributed by atoms with Gasteiger partial charge in [-0.3, -0.25) is 9.78 Å². The fourth-order valence-electron chi connectivity index (χ4n) is 5.21. The fourth-order valence-corrected chi connectivity index (χ4v) is 5.21. The minimum absolute atomic E-state index is 0.0856. The van der Waals surface area contributed by atoms with Crippen LogP contribution in [-0.4, -0.2) is 53.7 Å². The van der Waals surface area contributed by atoms with Crippen molar-refractivity contribution in [1.82, 2.24) is 34.7 Å². The van der Waals surface area contributed by atoms with Crippen molar-refractivity contribution >= 4 is 22.6 Å². The van der Waals surface area contributed by atoms with Gasteiger partial charge in [0.05, 0.1) is 22.7 Å². The van der Waals surface area contributed by atoms with E-state index in [1.54, 1.807) is 27.9 Å². The highest BCUT2D eigenvalue weighted by Gasteiger charge is 2.50. The number of fused-ring (bicyclic) bond motifs is 2. The number of hydrogen-bond acceptors (Lipinski definition) is 6. The largest absolute Gasteiger partial charge is 0.339 e. The van der Waals surface area contributed by atoms with E-state index in [1.165, 1.54) is 12.1 Å². The van der Waals surface area contributed by atoms with Crippen LogP contribution >= 0.6 is 0 Å². The monoisotopic (exact) mass is 479 g/mol. The Bertz CT molecular complexity index is 1650. The van der Waals surface area contributed by atoms with Crippen molar-refractivity contribution in [3.05, 3.63) is 83.7 Å². The SMILES string of the molecule is O=C(c1ccc(-c2cnc3nnc(C4(c5ccc6ncccc6c5)CC4)n3n2)cc1F)N1CCCC1. The molecule has 1 aliphatic heterocycles. The fraction of sp³-hybridized carbons (Fsp3) is 0.259. The molecule has 0 unspecified atom stereocenters. The number of halogens is 1. The minimum Gasteiger partial charge on any atom is -0.339 e. The van der Waals surface area contributed by atoms with Crippen LogP contribution in [0.2, 0.25) is 0 Å². The molecule has 1 amide bonds. The smallest absolute Gasteiger partial charge is 0.271 e. The maximum absolute atomic E-state index is 15.0.